The van der Waals surface area contributed by atoms with Crippen LogP contribution in [0, 0.1) is 11.8 Å². The topological polar surface area (TPSA) is 82.1 Å². The van der Waals surface area contributed by atoms with Gasteiger partial charge in [-0.25, -0.2) is 9.59 Å². The fourth-order valence-electron chi connectivity index (χ4n) is 6.81. The van der Waals surface area contributed by atoms with Crippen molar-refractivity contribution in [3.63, 3.8) is 0 Å². The zero-order valence-corrected chi connectivity index (χ0v) is 19.9. The fraction of sp³-hybridized carbons (Fsp3) is 0.333. The molecular formula is C30H28O6. The minimum atomic E-state index is -0.942. The lowest BCUT2D eigenvalue weighted by Gasteiger charge is -2.60. The van der Waals surface area contributed by atoms with Gasteiger partial charge in [-0.15, -0.1) is 0 Å². The molecule has 1 N–H and O–H groups in total. The molecule has 0 radical (unpaired) electrons. The van der Waals surface area contributed by atoms with Crippen molar-refractivity contribution in [3.8, 4) is 17.2 Å². The van der Waals surface area contributed by atoms with Gasteiger partial charge in [0.15, 0.2) is 0 Å². The van der Waals surface area contributed by atoms with Crippen LogP contribution in [0.5, 0.6) is 17.2 Å². The van der Waals surface area contributed by atoms with Crippen LogP contribution in [0.4, 0.5) is 0 Å². The summed E-state index contributed by atoms with van der Waals surface area (Å²) < 4.78 is 18.7. The van der Waals surface area contributed by atoms with Crippen LogP contribution in [0.2, 0.25) is 0 Å². The molecule has 4 bridgehead atoms. The minimum absolute atomic E-state index is 0.253. The van der Waals surface area contributed by atoms with Crippen molar-refractivity contribution < 1.29 is 28.9 Å². The average Bonchev–Trinajstić information content (AvgIpc) is 2.84. The summed E-state index contributed by atoms with van der Waals surface area (Å²) in [7, 11) is 0. The van der Waals surface area contributed by atoms with Gasteiger partial charge in [0.1, 0.15) is 28.5 Å². The third-order valence-electron chi connectivity index (χ3n) is 7.77. The average molecular weight is 485 g/mol. The van der Waals surface area contributed by atoms with E-state index in [9.17, 15) is 14.7 Å². The van der Waals surface area contributed by atoms with E-state index >= 15 is 0 Å². The molecule has 4 aliphatic rings. The summed E-state index contributed by atoms with van der Waals surface area (Å²) in [6, 6.07) is 22.9. The molecule has 0 heterocycles. The van der Waals surface area contributed by atoms with Gasteiger partial charge in [-0.05, 0) is 105 Å². The van der Waals surface area contributed by atoms with Crippen LogP contribution in [-0.2, 0) is 0 Å². The predicted octanol–water partition coefficient (Wildman–Crippen LogP) is 6.15. The number of para-hydroxylation sites is 1. The van der Waals surface area contributed by atoms with E-state index in [-0.39, 0.29) is 16.8 Å². The Balaban J connectivity index is 1.17. The molecule has 0 amide bonds. The molecule has 3 aromatic carbocycles. The van der Waals surface area contributed by atoms with Gasteiger partial charge in [0.25, 0.3) is 0 Å². The second kappa shape index (κ2) is 8.70. The van der Waals surface area contributed by atoms with E-state index in [0.29, 0.717) is 28.9 Å². The summed E-state index contributed by atoms with van der Waals surface area (Å²) in [4.78, 5) is 23.7. The first kappa shape index (κ1) is 22.7. The van der Waals surface area contributed by atoms with Gasteiger partial charge in [0.05, 0.1) is 11.1 Å². The molecule has 0 saturated heterocycles. The van der Waals surface area contributed by atoms with Crippen LogP contribution < -0.4 is 14.2 Å². The zero-order chi connectivity index (χ0) is 24.8. The van der Waals surface area contributed by atoms with Crippen molar-refractivity contribution in [3.05, 3.63) is 90.0 Å². The highest BCUT2D eigenvalue weighted by atomic mass is 16.5. The second-order valence-electron chi connectivity index (χ2n) is 10.6. The largest absolute Gasteiger partial charge is 0.487 e. The van der Waals surface area contributed by atoms with Crippen LogP contribution in [0.3, 0.4) is 0 Å². The standard InChI is InChI=1S/C30H28O6/c31-27(32)22-6-10-25(11-7-22)35-29-15-20-14-21(16-29)18-30(17-20,19-29)36-26-12-8-23(9-13-26)28(33)34-24-4-2-1-3-5-24/h1-13,20-21H,14-19H2,(H,31,32). The number of aromatic carboxylic acids is 1. The highest BCUT2D eigenvalue weighted by molar-refractivity contribution is 5.91. The van der Waals surface area contributed by atoms with Crippen molar-refractivity contribution in [1.82, 2.24) is 0 Å². The lowest BCUT2D eigenvalue weighted by Crippen LogP contribution is -2.63. The van der Waals surface area contributed by atoms with E-state index in [1.54, 1.807) is 48.5 Å². The normalized spacial score (nSPS) is 27.9. The highest BCUT2D eigenvalue weighted by Crippen LogP contribution is 2.60. The lowest BCUT2D eigenvalue weighted by molar-refractivity contribution is -0.177. The first-order valence-corrected chi connectivity index (χ1v) is 12.5. The van der Waals surface area contributed by atoms with Crippen LogP contribution >= 0.6 is 0 Å². The van der Waals surface area contributed by atoms with Crippen molar-refractivity contribution >= 4 is 11.9 Å². The first-order chi connectivity index (χ1) is 17.4. The molecule has 6 heteroatoms. The van der Waals surface area contributed by atoms with Gasteiger partial charge < -0.3 is 19.3 Å². The second-order valence-corrected chi connectivity index (χ2v) is 10.6. The summed E-state index contributed by atoms with van der Waals surface area (Å²) in [5, 5.41) is 9.18. The summed E-state index contributed by atoms with van der Waals surface area (Å²) in [5.41, 5.74) is 0.135. The van der Waals surface area contributed by atoms with E-state index in [0.717, 1.165) is 37.9 Å². The molecule has 0 aromatic heterocycles. The molecule has 4 fully saturated rings. The maximum atomic E-state index is 12.5. The lowest BCUT2D eigenvalue weighted by atomic mass is 9.52. The van der Waals surface area contributed by atoms with Crippen molar-refractivity contribution in [2.45, 2.75) is 49.7 Å². The summed E-state index contributed by atoms with van der Waals surface area (Å²) in [5.74, 6) is 1.72. The predicted molar refractivity (Wildman–Crippen MR) is 133 cm³/mol. The number of hydrogen-bond acceptors (Lipinski definition) is 5. The van der Waals surface area contributed by atoms with Crippen LogP contribution in [0.1, 0.15) is 59.2 Å². The third kappa shape index (κ3) is 4.43. The quantitative estimate of drug-likeness (QED) is 0.320. The van der Waals surface area contributed by atoms with E-state index in [1.807, 2.05) is 30.3 Å². The molecule has 2 atom stereocenters. The molecule has 4 saturated carbocycles. The monoisotopic (exact) mass is 484 g/mol. The Bertz CT molecular complexity index is 1250. The van der Waals surface area contributed by atoms with Crippen LogP contribution in [0.25, 0.3) is 0 Å². The zero-order valence-electron chi connectivity index (χ0n) is 19.9. The van der Waals surface area contributed by atoms with Gasteiger partial charge in [-0.2, -0.15) is 0 Å². The Morgan fingerprint density at radius 2 is 1.17 bits per heavy atom. The molecular weight excluding hydrogens is 456 g/mol. The first-order valence-electron chi connectivity index (χ1n) is 12.5. The van der Waals surface area contributed by atoms with E-state index < -0.39 is 11.9 Å². The number of carboxylic acid groups (broad SMARTS) is 1. The molecule has 0 aliphatic heterocycles. The van der Waals surface area contributed by atoms with Crippen LogP contribution in [0.15, 0.2) is 78.9 Å². The molecule has 36 heavy (non-hydrogen) atoms. The minimum Gasteiger partial charge on any atom is -0.487 e. The summed E-state index contributed by atoms with van der Waals surface area (Å²) in [6.07, 6.45) is 6.01. The van der Waals surface area contributed by atoms with Crippen molar-refractivity contribution in [2.75, 3.05) is 0 Å². The number of carbonyl (C=O) groups excluding carboxylic acids is 1. The van der Waals surface area contributed by atoms with Gasteiger partial charge in [-0.3, -0.25) is 0 Å². The highest BCUT2D eigenvalue weighted by Gasteiger charge is 2.60. The molecule has 6 nitrogen and oxygen atoms in total. The molecule has 4 aliphatic carbocycles. The molecule has 0 spiro atoms. The number of rotatable bonds is 7. The number of benzene rings is 3. The molecule has 2 unspecified atom stereocenters. The summed E-state index contributed by atoms with van der Waals surface area (Å²) in [6.45, 7) is 0. The Labute approximate surface area is 209 Å². The Kier molecular flexibility index (Phi) is 5.47. The molecule has 184 valence electrons. The van der Waals surface area contributed by atoms with E-state index in [2.05, 4.69) is 0 Å². The Morgan fingerprint density at radius 1 is 0.667 bits per heavy atom. The van der Waals surface area contributed by atoms with Crippen LogP contribution in [-0.4, -0.2) is 28.2 Å². The van der Waals surface area contributed by atoms with E-state index in [1.165, 1.54) is 6.42 Å². The molecule has 7 rings (SSSR count). The third-order valence-corrected chi connectivity index (χ3v) is 7.77. The van der Waals surface area contributed by atoms with Gasteiger partial charge in [0.2, 0.25) is 0 Å². The number of carbonyl (C=O) groups is 2. The number of carboxylic acids is 1. The number of ether oxygens (including phenoxy) is 3. The Hall–Kier alpha value is -3.80. The van der Waals surface area contributed by atoms with Gasteiger partial charge >= 0.3 is 11.9 Å². The van der Waals surface area contributed by atoms with Gasteiger partial charge in [-0.1, -0.05) is 18.2 Å². The van der Waals surface area contributed by atoms with Gasteiger partial charge in [0, 0.05) is 6.42 Å². The number of hydrogen-bond donors (Lipinski definition) is 1. The SMILES string of the molecule is O=C(O)c1ccc(OC23CC4CC(C2)CC(Oc2ccc(C(=O)Oc5ccccc5)cc2)(C4)C3)cc1. The van der Waals surface area contributed by atoms with Crippen molar-refractivity contribution in [1.29, 1.82) is 0 Å². The smallest absolute Gasteiger partial charge is 0.343 e. The maximum absolute atomic E-state index is 12.5. The van der Waals surface area contributed by atoms with E-state index in [4.69, 9.17) is 14.2 Å². The van der Waals surface area contributed by atoms with Crippen molar-refractivity contribution in [2.24, 2.45) is 11.8 Å². The Morgan fingerprint density at radius 3 is 1.67 bits per heavy atom. The summed E-state index contributed by atoms with van der Waals surface area (Å²) >= 11 is 0. The fourth-order valence-corrected chi connectivity index (χ4v) is 6.81. The molecule has 3 aromatic rings. The number of esters is 1. The maximum Gasteiger partial charge on any atom is 0.343 e.